The van der Waals surface area contributed by atoms with Crippen molar-refractivity contribution in [1.29, 1.82) is 0 Å². The first kappa shape index (κ1) is 20.6. The number of carbonyl (C=O) groups excluding carboxylic acids is 3. The molecule has 7 nitrogen and oxygen atoms in total. The molecule has 0 aliphatic rings. The summed E-state index contributed by atoms with van der Waals surface area (Å²) in [6, 6.07) is 7.78. The molecule has 2 aromatic rings. The fraction of sp³-hybridized carbons (Fsp3) is 0.316. The molecule has 8 heteroatoms. The second-order valence-corrected chi connectivity index (χ2v) is 6.64. The molecule has 0 unspecified atom stereocenters. The van der Waals surface area contributed by atoms with Crippen molar-refractivity contribution >= 4 is 34.1 Å². The maximum Gasteiger partial charge on any atom is 0.341 e. The fourth-order valence-corrected chi connectivity index (χ4v) is 3.32. The molecule has 3 N–H and O–H groups in total. The van der Waals surface area contributed by atoms with E-state index in [0.717, 1.165) is 11.1 Å². The van der Waals surface area contributed by atoms with E-state index in [4.69, 9.17) is 4.74 Å². The van der Waals surface area contributed by atoms with Crippen molar-refractivity contribution in [3.05, 3.63) is 40.8 Å². The number of nitrogens with one attached hydrogen (secondary N) is 3. The molecule has 2 rings (SSSR count). The van der Waals surface area contributed by atoms with Gasteiger partial charge in [-0.1, -0.05) is 29.8 Å². The van der Waals surface area contributed by atoms with Gasteiger partial charge in [0.15, 0.2) is 0 Å². The Balaban J connectivity index is 2.20. The van der Waals surface area contributed by atoms with E-state index >= 15 is 0 Å². The number of benzene rings is 1. The van der Waals surface area contributed by atoms with Crippen LogP contribution in [0.25, 0.3) is 11.1 Å². The lowest BCUT2D eigenvalue weighted by Crippen LogP contribution is -2.36. The number of rotatable bonds is 8. The molecule has 0 aliphatic carbocycles. The summed E-state index contributed by atoms with van der Waals surface area (Å²) in [6.07, 6.45) is 0. The monoisotopic (exact) mass is 389 g/mol. The van der Waals surface area contributed by atoms with Crippen LogP contribution in [0, 0.1) is 6.92 Å². The van der Waals surface area contributed by atoms with Gasteiger partial charge in [-0.15, -0.1) is 11.3 Å². The van der Waals surface area contributed by atoms with Crippen molar-refractivity contribution in [3.63, 3.8) is 0 Å². The van der Waals surface area contributed by atoms with E-state index in [0.29, 0.717) is 16.1 Å². The van der Waals surface area contributed by atoms with E-state index in [1.54, 1.807) is 6.92 Å². The van der Waals surface area contributed by atoms with Gasteiger partial charge in [-0.2, -0.15) is 0 Å². The van der Waals surface area contributed by atoms with Gasteiger partial charge in [0.2, 0.25) is 11.8 Å². The molecule has 1 aromatic heterocycles. The Bertz CT molecular complexity index is 815. The molecule has 144 valence electrons. The minimum absolute atomic E-state index is 0.0354. The molecule has 0 saturated heterocycles. The van der Waals surface area contributed by atoms with Gasteiger partial charge in [0.05, 0.1) is 19.7 Å². The summed E-state index contributed by atoms with van der Waals surface area (Å²) in [6.45, 7) is 3.95. The number of ether oxygens (including phenoxy) is 1. The highest BCUT2D eigenvalue weighted by Gasteiger charge is 2.22. The normalized spacial score (nSPS) is 10.3. The van der Waals surface area contributed by atoms with Crippen LogP contribution < -0.4 is 16.0 Å². The van der Waals surface area contributed by atoms with Crippen molar-refractivity contribution < 1.29 is 19.1 Å². The minimum Gasteiger partial charge on any atom is -0.462 e. The largest absolute Gasteiger partial charge is 0.462 e. The Hall–Kier alpha value is -2.71. The Kier molecular flexibility index (Phi) is 7.51. The number of likely N-dealkylation sites (N-methyl/N-ethyl adjacent to an activating group) is 1. The smallest absolute Gasteiger partial charge is 0.341 e. The first-order valence-corrected chi connectivity index (χ1v) is 9.41. The quantitative estimate of drug-likeness (QED) is 0.602. The Morgan fingerprint density at radius 3 is 2.37 bits per heavy atom. The minimum atomic E-state index is -0.483. The molecule has 0 radical (unpaired) electrons. The average Bonchev–Trinajstić information content (AvgIpc) is 3.05. The second kappa shape index (κ2) is 9.84. The number of hydrogen-bond acceptors (Lipinski definition) is 6. The van der Waals surface area contributed by atoms with Crippen LogP contribution in [0.3, 0.4) is 0 Å². The molecular formula is C19H23N3O4S. The standard InChI is InChI=1S/C19H23N3O4S/c1-4-26-19(25)17-14(13-7-5-12(2)6-8-13)11-27-18(17)22-16(24)10-21-9-15(23)20-3/h5-8,11,21H,4,9-10H2,1-3H3,(H,20,23)(H,22,24). The predicted octanol–water partition coefficient (Wildman–Crippen LogP) is 2.17. The molecule has 0 bridgehead atoms. The van der Waals surface area contributed by atoms with Gasteiger partial charge >= 0.3 is 5.97 Å². The third-order valence-electron chi connectivity index (χ3n) is 3.74. The SMILES string of the molecule is CCOC(=O)c1c(-c2ccc(C)cc2)csc1NC(=O)CNCC(=O)NC. The highest BCUT2D eigenvalue weighted by molar-refractivity contribution is 7.15. The van der Waals surface area contributed by atoms with Crippen LogP contribution in [0.1, 0.15) is 22.8 Å². The van der Waals surface area contributed by atoms with Crippen LogP contribution in [0.15, 0.2) is 29.6 Å². The van der Waals surface area contributed by atoms with Crippen molar-refractivity contribution in [3.8, 4) is 11.1 Å². The number of anilines is 1. The van der Waals surface area contributed by atoms with Crippen molar-refractivity contribution in [2.75, 3.05) is 32.1 Å². The molecule has 27 heavy (non-hydrogen) atoms. The van der Waals surface area contributed by atoms with Gasteiger partial charge in [0.25, 0.3) is 0 Å². The molecule has 0 atom stereocenters. The van der Waals surface area contributed by atoms with E-state index in [1.807, 2.05) is 36.6 Å². The summed E-state index contributed by atoms with van der Waals surface area (Å²) in [5.74, 6) is -1.04. The summed E-state index contributed by atoms with van der Waals surface area (Å²) in [5, 5.41) is 10.2. The van der Waals surface area contributed by atoms with E-state index < -0.39 is 5.97 Å². The average molecular weight is 389 g/mol. The van der Waals surface area contributed by atoms with E-state index in [2.05, 4.69) is 16.0 Å². The first-order valence-electron chi connectivity index (χ1n) is 8.53. The molecule has 0 spiro atoms. The fourth-order valence-electron chi connectivity index (χ4n) is 2.35. The van der Waals surface area contributed by atoms with Gasteiger partial charge in [0, 0.05) is 18.0 Å². The van der Waals surface area contributed by atoms with E-state index in [-0.39, 0.29) is 31.5 Å². The number of amides is 2. The van der Waals surface area contributed by atoms with Crippen LogP contribution in [-0.2, 0) is 14.3 Å². The predicted molar refractivity (Wildman–Crippen MR) is 106 cm³/mol. The third kappa shape index (κ3) is 5.63. The molecule has 0 fully saturated rings. The molecule has 0 aliphatic heterocycles. The van der Waals surface area contributed by atoms with Crippen molar-refractivity contribution in [2.45, 2.75) is 13.8 Å². The highest BCUT2D eigenvalue weighted by atomic mass is 32.1. The molecule has 1 aromatic carbocycles. The number of carbonyl (C=O) groups is 3. The molecular weight excluding hydrogens is 366 g/mol. The lowest BCUT2D eigenvalue weighted by atomic mass is 10.0. The van der Waals surface area contributed by atoms with Gasteiger partial charge < -0.3 is 15.4 Å². The zero-order valence-corrected chi connectivity index (χ0v) is 16.4. The van der Waals surface area contributed by atoms with E-state index in [1.165, 1.54) is 18.4 Å². The summed E-state index contributed by atoms with van der Waals surface area (Å²) in [5.41, 5.74) is 3.04. The maximum atomic E-state index is 12.5. The van der Waals surface area contributed by atoms with Crippen LogP contribution in [0.5, 0.6) is 0 Å². The third-order valence-corrected chi connectivity index (χ3v) is 4.63. The number of hydrogen-bond donors (Lipinski definition) is 3. The van der Waals surface area contributed by atoms with Gasteiger partial charge in [-0.25, -0.2) is 4.79 Å². The summed E-state index contributed by atoms with van der Waals surface area (Å²) < 4.78 is 5.17. The zero-order chi connectivity index (χ0) is 19.8. The lowest BCUT2D eigenvalue weighted by Gasteiger charge is -2.09. The second-order valence-electron chi connectivity index (χ2n) is 5.76. The summed E-state index contributed by atoms with van der Waals surface area (Å²) >= 11 is 1.26. The van der Waals surface area contributed by atoms with Gasteiger partial charge in [-0.3, -0.25) is 14.9 Å². The molecule has 1 heterocycles. The topological polar surface area (TPSA) is 96.5 Å². The van der Waals surface area contributed by atoms with Gasteiger partial charge in [-0.05, 0) is 19.4 Å². The lowest BCUT2D eigenvalue weighted by molar-refractivity contribution is -0.120. The molecule has 0 saturated carbocycles. The zero-order valence-electron chi connectivity index (χ0n) is 15.5. The molecule has 2 amide bonds. The van der Waals surface area contributed by atoms with Crippen LogP contribution in [-0.4, -0.2) is 44.5 Å². The highest BCUT2D eigenvalue weighted by Crippen LogP contribution is 2.36. The Labute approximate surface area is 162 Å². The number of thiophene rings is 1. The van der Waals surface area contributed by atoms with Crippen molar-refractivity contribution in [1.82, 2.24) is 10.6 Å². The van der Waals surface area contributed by atoms with Crippen LogP contribution in [0.2, 0.25) is 0 Å². The maximum absolute atomic E-state index is 12.5. The van der Waals surface area contributed by atoms with Crippen LogP contribution >= 0.6 is 11.3 Å². The number of esters is 1. The van der Waals surface area contributed by atoms with Crippen LogP contribution in [0.4, 0.5) is 5.00 Å². The van der Waals surface area contributed by atoms with Crippen molar-refractivity contribution in [2.24, 2.45) is 0 Å². The summed E-state index contributed by atoms with van der Waals surface area (Å²) in [4.78, 5) is 35.8. The summed E-state index contributed by atoms with van der Waals surface area (Å²) in [7, 11) is 1.52. The van der Waals surface area contributed by atoms with Gasteiger partial charge in [0.1, 0.15) is 10.6 Å². The Morgan fingerprint density at radius 2 is 1.74 bits per heavy atom. The number of aryl methyl sites for hydroxylation is 1. The first-order chi connectivity index (χ1) is 13.0. The van der Waals surface area contributed by atoms with E-state index in [9.17, 15) is 14.4 Å². The Morgan fingerprint density at radius 1 is 1.07 bits per heavy atom.